The third-order valence-corrected chi connectivity index (χ3v) is 3.02. The van der Waals surface area contributed by atoms with Crippen LogP contribution in [0.1, 0.15) is 5.56 Å². The van der Waals surface area contributed by atoms with Crippen LogP contribution in [-0.4, -0.2) is 10.2 Å². The monoisotopic (exact) mass is 305 g/mol. The van der Waals surface area contributed by atoms with Crippen LogP contribution in [0.25, 0.3) is 22.9 Å². The van der Waals surface area contributed by atoms with Gasteiger partial charge >= 0.3 is 6.18 Å². The molecule has 0 spiro atoms. The zero-order chi connectivity index (χ0) is 15.7. The second-order valence-electron chi connectivity index (χ2n) is 4.61. The van der Waals surface area contributed by atoms with Crippen molar-refractivity contribution >= 4 is 5.69 Å². The molecule has 0 fully saturated rings. The second kappa shape index (κ2) is 5.18. The van der Waals surface area contributed by atoms with E-state index in [9.17, 15) is 13.2 Å². The number of anilines is 1. The predicted octanol–water partition coefficient (Wildman–Crippen LogP) is 4.00. The number of nitrogens with two attached hydrogens (primary N) is 1. The minimum Gasteiger partial charge on any atom is -0.416 e. The summed E-state index contributed by atoms with van der Waals surface area (Å²) in [4.78, 5) is 0. The lowest BCUT2D eigenvalue weighted by atomic mass is 10.1. The molecular weight excluding hydrogens is 295 g/mol. The van der Waals surface area contributed by atoms with Gasteiger partial charge in [-0.1, -0.05) is 6.07 Å². The fourth-order valence-corrected chi connectivity index (χ4v) is 1.93. The molecule has 0 saturated heterocycles. The van der Waals surface area contributed by atoms with E-state index in [1.807, 2.05) is 0 Å². The molecule has 1 aromatic heterocycles. The maximum absolute atomic E-state index is 12.5. The first-order valence-corrected chi connectivity index (χ1v) is 6.30. The van der Waals surface area contributed by atoms with Gasteiger partial charge in [-0.15, -0.1) is 10.2 Å². The number of halogens is 3. The van der Waals surface area contributed by atoms with Crippen LogP contribution in [0.5, 0.6) is 0 Å². The first kappa shape index (κ1) is 14.1. The molecule has 3 aromatic rings. The molecule has 0 atom stereocenters. The van der Waals surface area contributed by atoms with Gasteiger partial charge in [-0.3, -0.25) is 0 Å². The molecule has 0 unspecified atom stereocenters. The van der Waals surface area contributed by atoms with Crippen LogP contribution in [0.2, 0.25) is 0 Å². The number of benzene rings is 2. The van der Waals surface area contributed by atoms with Crippen LogP contribution < -0.4 is 5.73 Å². The number of aromatic nitrogens is 2. The van der Waals surface area contributed by atoms with Crippen molar-refractivity contribution in [3.63, 3.8) is 0 Å². The summed E-state index contributed by atoms with van der Waals surface area (Å²) < 4.78 is 43.0. The Balaban J connectivity index is 1.91. The Bertz CT molecular complexity index is 794. The average Bonchev–Trinajstić information content (AvgIpc) is 2.96. The highest BCUT2D eigenvalue weighted by molar-refractivity contribution is 5.61. The van der Waals surface area contributed by atoms with E-state index in [0.29, 0.717) is 16.8 Å². The quantitative estimate of drug-likeness (QED) is 0.727. The highest BCUT2D eigenvalue weighted by atomic mass is 19.4. The lowest BCUT2D eigenvalue weighted by molar-refractivity contribution is -0.137. The van der Waals surface area contributed by atoms with Crippen LogP contribution in [0, 0.1) is 0 Å². The fraction of sp³-hybridized carbons (Fsp3) is 0.0667. The Hall–Kier alpha value is -2.83. The molecule has 1 heterocycles. The van der Waals surface area contributed by atoms with Crippen LogP contribution >= 0.6 is 0 Å². The number of hydrogen-bond acceptors (Lipinski definition) is 4. The van der Waals surface area contributed by atoms with Crippen LogP contribution in [-0.2, 0) is 6.18 Å². The molecule has 3 rings (SSSR count). The van der Waals surface area contributed by atoms with E-state index in [1.165, 1.54) is 12.1 Å². The standard InChI is InChI=1S/C15H10F3N3O/c16-15(17,18)11-6-4-9(5-7-11)13-20-21-14(22-13)10-2-1-3-12(19)8-10/h1-8H,19H2. The summed E-state index contributed by atoms with van der Waals surface area (Å²) in [6.45, 7) is 0. The molecule has 112 valence electrons. The maximum atomic E-state index is 12.5. The van der Waals surface area contributed by atoms with Crippen molar-refractivity contribution in [1.29, 1.82) is 0 Å². The maximum Gasteiger partial charge on any atom is 0.416 e. The second-order valence-corrected chi connectivity index (χ2v) is 4.61. The van der Waals surface area contributed by atoms with Gasteiger partial charge in [0.1, 0.15) is 0 Å². The first-order valence-electron chi connectivity index (χ1n) is 6.30. The van der Waals surface area contributed by atoms with E-state index < -0.39 is 11.7 Å². The van der Waals surface area contributed by atoms with Crippen molar-refractivity contribution in [2.24, 2.45) is 0 Å². The molecule has 2 aromatic carbocycles. The lowest BCUT2D eigenvalue weighted by Crippen LogP contribution is -2.03. The van der Waals surface area contributed by atoms with Crippen molar-refractivity contribution in [2.45, 2.75) is 6.18 Å². The van der Waals surface area contributed by atoms with Crippen molar-refractivity contribution in [3.05, 3.63) is 54.1 Å². The van der Waals surface area contributed by atoms with Crippen molar-refractivity contribution in [1.82, 2.24) is 10.2 Å². The number of nitrogen functional groups attached to an aromatic ring is 1. The van der Waals surface area contributed by atoms with Gasteiger partial charge in [0.25, 0.3) is 0 Å². The minimum absolute atomic E-state index is 0.145. The molecule has 0 aliphatic rings. The highest BCUT2D eigenvalue weighted by Gasteiger charge is 2.30. The highest BCUT2D eigenvalue weighted by Crippen LogP contribution is 2.31. The Morgan fingerprint density at radius 2 is 1.50 bits per heavy atom. The topological polar surface area (TPSA) is 64.9 Å². The Labute approximate surface area is 123 Å². The smallest absolute Gasteiger partial charge is 0.416 e. The van der Waals surface area contributed by atoms with Crippen molar-refractivity contribution in [2.75, 3.05) is 5.73 Å². The minimum atomic E-state index is -4.37. The first-order chi connectivity index (χ1) is 10.4. The third-order valence-electron chi connectivity index (χ3n) is 3.02. The Morgan fingerprint density at radius 1 is 0.864 bits per heavy atom. The van der Waals surface area contributed by atoms with Gasteiger partial charge in [0.05, 0.1) is 5.56 Å². The van der Waals surface area contributed by atoms with Gasteiger partial charge in [-0.25, -0.2) is 0 Å². The van der Waals surface area contributed by atoms with Crippen LogP contribution in [0.3, 0.4) is 0 Å². The normalized spacial score (nSPS) is 11.6. The number of rotatable bonds is 2. The summed E-state index contributed by atoms with van der Waals surface area (Å²) in [6, 6.07) is 11.4. The molecule has 0 bridgehead atoms. The van der Waals surface area contributed by atoms with Crippen LogP contribution in [0.15, 0.2) is 52.9 Å². The SMILES string of the molecule is Nc1cccc(-c2nnc(-c3ccc(C(F)(F)F)cc3)o2)c1. The van der Waals surface area contributed by atoms with Gasteiger partial charge in [0.15, 0.2) is 0 Å². The third kappa shape index (κ3) is 2.78. The summed E-state index contributed by atoms with van der Waals surface area (Å²) in [5.41, 5.74) is 6.55. The van der Waals surface area contributed by atoms with Gasteiger partial charge in [0.2, 0.25) is 11.8 Å². The molecule has 0 aliphatic carbocycles. The zero-order valence-corrected chi connectivity index (χ0v) is 11.1. The van der Waals surface area contributed by atoms with E-state index in [2.05, 4.69) is 10.2 Å². The van der Waals surface area contributed by atoms with E-state index in [4.69, 9.17) is 10.2 Å². The van der Waals surface area contributed by atoms with E-state index in [-0.39, 0.29) is 11.8 Å². The number of alkyl halides is 3. The van der Waals surface area contributed by atoms with E-state index in [1.54, 1.807) is 24.3 Å². The number of hydrogen-bond donors (Lipinski definition) is 1. The van der Waals surface area contributed by atoms with E-state index in [0.717, 1.165) is 12.1 Å². The molecule has 4 nitrogen and oxygen atoms in total. The Morgan fingerprint density at radius 3 is 2.09 bits per heavy atom. The van der Waals surface area contributed by atoms with Crippen molar-refractivity contribution < 1.29 is 17.6 Å². The molecule has 22 heavy (non-hydrogen) atoms. The molecule has 0 saturated carbocycles. The summed E-state index contributed by atoms with van der Waals surface area (Å²) in [6.07, 6.45) is -4.37. The number of nitrogens with zero attached hydrogens (tertiary/aromatic N) is 2. The van der Waals surface area contributed by atoms with Gasteiger partial charge in [-0.2, -0.15) is 13.2 Å². The largest absolute Gasteiger partial charge is 0.416 e. The van der Waals surface area contributed by atoms with Gasteiger partial charge in [0, 0.05) is 16.8 Å². The predicted molar refractivity (Wildman–Crippen MR) is 74.6 cm³/mol. The van der Waals surface area contributed by atoms with Crippen LogP contribution in [0.4, 0.5) is 18.9 Å². The summed E-state index contributed by atoms with van der Waals surface area (Å²) in [5, 5.41) is 7.73. The van der Waals surface area contributed by atoms with Crippen molar-refractivity contribution in [3.8, 4) is 22.9 Å². The summed E-state index contributed by atoms with van der Waals surface area (Å²) >= 11 is 0. The fourth-order valence-electron chi connectivity index (χ4n) is 1.93. The molecule has 0 amide bonds. The molecular formula is C15H10F3N3O. The van der Waals surface area contributed by atoms with Gasteiger partial charge in [-0.05, 0) is 42.5 Å². The molecule has 0 aliphatic heterocycles. The lowest BCUT2D eigenvalue weighted by Gasteiger charge is -2.05. The summed E-state index contributed by atoms with van der Waals surface area (Å²) in [7, 11) is 0. The average molecular weight is 305 g/mol. The van der Waals surface area contributed by atoms with Gasteiger partial charge < -0.3 is 10.2 Å². The van der Waals surface area contributed by atoms with E-state index >= 15 is 0 Å². The zero-order valence-electron chi connectivity index (χ0n) is 11.1. The molecule has 7 heteroatoms. The molecule has 2 N–H and O–H groups in total. The summed E-state index contributed by atoms with van der Waals surface area (Å²) in [5.74, 6) is 0.397. The Kier molecular flexibility index (Phi) is 3.32. The molecule has 0 radical (unpaired) electrons.